The molecule has 1 nitrogen and oxygen atoms in total. The van der Waals surface area contributed by atoms with Gasteiger partial charge < -0.3 is 4.74 Å². The Labute approximate surface area is 63.1 Å². The smallest absolute Gasteiger partial charge is 0.0468 e. The molecule has 1 aliphatic rings. The molecule has 1 heteroatoms. The van der Waals surface area contributed by atoms with Crippen LogP contribution in [-0.4, -0.2) is 13.2 Å². The minimum absolute atomic E-state index is 0.853. The van der Waals surface area contributed by atoms with Crippen molar-refractivity contribution < 1.29 is 4.74 Å². The lowest BCUT2D eigenvalue weighted by Gasteiger charge is -2.21. The minimum atomic E-state index is 0.853. The van der Waals surface area contributed by atoms with Crippen LogP contribution in [0, 0.1) is 5.92 Å². The fraction of sp³-hybridized carbons (Fsp3) is 0.778. The van der Waals surface area contributed by atoms with Crippen LogP contribution in [0.4, 0.5) is 0 Å². The Morgan fingerprint density at radius 3 is 2.60 bits per heavy atom. The zero-order chi connectivity index (χ0) is 7.40. The van der Waals surface area contributed by atoms with E-state index < -0.39 is 0 Å². The standard InChI is InChI=1S/C9H16O/c1-8(2)7-9-3-5-10-6-4-9/h9H,1,3-7H2,2H3. The predicted molar refractivity (Wildman–Crippen MR) is 43.0 cm³/mol. The Bertz CT molecular complexity index is 112. The molecule has 0 N–H and O–H groups in total. The second-order valence-electron chi connectivity index (χ2n) is 3.22. The molecule has 1 heterocycles. The fourth-order valence-corrected chi connectivity index (χ4v) is 1.44. The van der Waals surface area contributed by atoms with Gasteiger partial charge in [-0.3, -0.25) is 0 Å². The topological polar surface area (TPSA) is 9.23 Å². The Hall–Kier alpha value is -0.300. The van der Waals surface area contributed by atoms with Crippen LogP contribution in [0.25, 0.3) is 0 Å². The third-order valence-electron chi connectivity index (χ3n) is 1.98. The maximum atomic E-state index is 5.25. The maximum absolute atomic E-state index is 5.25. The molecule has 0 atom stereocenters. The van der Waals surface area contributed by atoms with Crippen molar-refractivity contribution in [3.05, 3.63) is 12.2 Å². The Balaban J connectivity index is 2.19. The second-order valence-corrected chi connectivity index (χ2v) is 3.22. The molecule has 0 aromatic rings. The number of rotatable bonds is 2. The van der Waals surface area contributed by atoms with Crippen molar-refractivity contribution in [3.63, 3.8) is 0 Å². The summed E-state index contributed by atoms with van der Waals surface area (Å²) in [4.78, 5) is 0. The quantitative estimate of drug-likeness (QED) is 0.535. The van der Waals surface area contributed by atoms with E-state index in [1.54, 1.807) is 0 Å². The molecule has 0 unspecified atom stereocenters. The van der Waals surface area contributed by atoms with E-state index in [9.17, 15) is 0 Å². The number of ether oxygens (including phenoxy) is 1. The summed E-state index contributed by atoms with van der Waals surface area (Å²) in [6.45, 7) is 7.93. The lowest BCUT2D eigenvalue weighted by Crippen LogP contribution is -2.15. The first kappa shape index (κ1) is 7.80. The molecule has 1 aliphatic heterocycles. The molecule has 0 aromatic carbocycles. The van der Waals surface area contributed by atoms with E-state index in [0.29, 0.717) is 0 Å². The van der Waals surface area contributed by atoms with E-state index in [0.717, 1.165) is 19.1 Å². The van der Waals surface area contributed by atoms with Gasteiger partial charge in [0.05, 0.1) is 0 Å². The monoisotopic (exact) mass is 140 g/mol. The lowest BCUT2D eigenvalue weighted by atomic mass is 9.94. The van der Waals surface area contributed by atoms with Gasteiger partial charge in [-0.1, -0.05) is 5.57 Å². The van der Waals surface area contributed by atoms with E-state index in [1.165, 1.54) is 24.8 Å². The van der Waals surface area contributed by atoms with Crippen molar-refractivity contribution in [2.75, 3.05) is 13.2 Å². The van der Waals surface area contributed by atoms with Gasteiger partial charge in [-0.2, -0.15) is 0 Å². The first-order chi connectivity index (χ1) is 4.79. The molecular formula is C9H16O. The molecule has 0 aromatic heterocycles. The van der Waals surface area contributed by atoms with Crippen LogP contribution in [0.5, 0.6) is 0 Å². The summed E-state index contributed by atoms with van der Waals surface area (Å²) >= 11 is 0. The predicted octanol–water partition coefficient (Wildman–Crippen LogP) is 2.38. The average Bonchev–Trinajstić information content (AvgIpc) is 1.88. The summed E-state index contributed by atoms with van der Waals surface area (Å²) in [7, 11) is 0. The van der Waals surface area contributed by atoms with Gasteiger partial charge in [0, 0.05) is 13.2 Å². The van der Waals surface area contributed by atoms with Gasteiger partial charge in [0.15, 0.2) is 0 Å². The number of allylic oxidation sites excluding steroid dienone is 1. The van der Waals surface area contributed by atoms with Crippen LogP contribution in [0.15, 0.2) is 12.2 Å². The third-order valence-corrected chi connectivity index (χ3v) is 1.98. The SMILES string of the molecule is C=C(C)CC1CCOCC1. The van der Waals surface area contributed by atoms with E-state index in [1.807, 2.05) is 0 Å². The van der Waals surface area contributed by atoms with Gasteiger partial charge >= 0.3 is 0 Å². The molecule has 58 valence electrons. The third kappa shape index (κ3) is 2.53. The molecule has 1 fully saturated rings. The molecule has 0 amide bonds. The van der Waals surface area contributed by atoms with Crippen LogP contribution < -0.4 is 0 Å². The second kappa shape index (κ2) is 3.77. The van der Waals surface area contributed by atoms with Crippen molar-refractivity contribution in [2.45, 2.75) is 26.2 Å². The highest BCUT2D eigenvalue weighted by atomic mass is 16.5. The molecular weight excluding hydrogens is 124 g/mol. The van der Waals surface area contributed by atoms with Crippen LogP contribution in [0.1, 0.15) is 26.2 Å². The first-order valence-corrected chi connectivity index (χ1v) is 4.01. The summed E-state index contributed by atoms with van der Waals surface area (Å²) in [5, 5.41) is 0. The molecule has 0 spiro atoms. The zero-order valence-corrected chi connectivity index (χ0v) is 6.73. The molecule has 1 saturated heterocycles. The normalized spacial score (nSPS) is 20.9. The zero-order valence-electron chi connectivity index (χ0n) is 6.73. The largest absolute Gasteiger partial charge is 0.381 e. The molecule has 0 saturated carbocycles. The van der Waals surface area contributed by atoms with E-state index in [2.05, 4.69) is 13.5 Å². The highest BCUT2D eigenvalue weighted by Crippen LogP contribution is 2.21. The highest BCUT2D eigenvalue weighted by molar-refractivity contribution is 4.90. The van der Waals surface area contributed by atoms with E-state index >= 15 is 0 Å². The van der Waals surface area contributed by atoms with Gasteiger partial charge in [-0.05, 0) is 32.1 Å². The minimum Gasteiger partial charge on any atom is -0.381 e. The van der Waals surface area contributed by atoms with Gasteiger partial charge in [0.2, 0.25) is 0 Å². The fourth-order valence-electron chi connectivity index (χ4n) is 1.44. The van der Waals surface area contributed by atoms with Gasteiger partial charge in [0.25, 0.3) is 0 Å². The number of hydrogen-bond donors (Lipinski definition) is 0. The molecule has 0 radical (unpaired) electrons. The summed E-state index contributed by atoms with van der Waals surface area (Å²) in [6, 6.07) is 0. The van der Waals surface area contributed by atoms with Crippen molar-refractivity contribution in [1.29, 1.82) is 0 Å². The van der Waals surface area contributed by atoms with Crippen LogP contribution >= 0.6 is 0 Å². The number of hydrogen-bond acceptors (Lipinski definition) is 1. The molecule has 0 bridgehead atoms. The van der Waals surface area contributed by atoms with Gasteiger partial charge in [-0.25, -0.2) is 0 Å². The summed E-state index contributed by atoms with van der Waals surface area (Å²) in [5.41, 5.74) is 1.31. The van der Waals surface area contributed by atoms with Crippen molar-refractivity contribution in [2.24, 2.45) is 5.92 Å². The highest BCUT2D eigenvalue weighted by Gasteiger charge is 2.12. The van der Waals surface area contributed by atoms with Gasteiger partial charge in [0.1, 0.15) is 0 Å². The van der Waals surface area contributed by atoms with Crippen LogP contribution in [0.2, 0.25) is 0 Å². The van der Waals surface area contributed by atoms with Crippen molar-refractivity contribution in [3.8, 4) is 0 Å². The molecule has 0 aliphatic carbocycles. The van der Waals surface area contributed by atoms with E-state index in [4.69, 9.17) is 4.74 Å². The van der Waals surface area contributed by atoms with Crippen LogP contribution in [0.3, 0.4) is 0 Å². The Morgan fingerprint density at radius 2 is 2.10 bits per heavy atom. The van der Waals surface area contributed by atoms with Gasteiger partial charge in [-0.15, -0.1) is 6.58 Å². The first-order valence-electron chi connectivity index (χ1n) is 4.01. The molecule has 1 rings (SSSR count). The van der Waals surface area contributed by atoms with Crippen LogP contribution in [-0.2, 0) is 4.74 Å². The maximum Gasteiger partial charge on any atom is 0.0468 e. The Kier molecular flexibility index (Phi) is 2.94. The summed E-state index contributed by atoms with van der Waals surface area (Å²) < 4.78 is 5.25. The summed E-state index contributed by atoms with van der Waals surface area (Å²) in [6.07, 6.45) is 3.66. The van der Waals surface area contributed by atoms with Crippen molar-refractivity contribution in [1.82, 2.24) is 0 Å². The van der Waals surface area contributed by atoms with E-state index in [-0.39, 0.29) is 0 Å². The van der Waals surface area contributed by atoms with Crippen molar-refractivity contribution >= 4 is 0 Å². The average molecular weight is 140 g/mol. The lowest BCUT2D eigenvalue weighted by molar-refractivity contribution is 0.0666. The Morgan fingerprint density at radius 1 is 1.50 bits per heavy atom. The summed E-state index contributed by atoms with van der Waals surface area (Å²) in [5.74, 6) is 0.853. The molecule has 10 heavy (non-hydrogen) atoms.